The van der Waals surface area contributed by atoms with Crippen LogP contribution in [-0.2, 0) is 0 Å². The Kier molecular flexibility index (Phi) is 4.50. The number of hydrogen-bond donors (Lipinski definition) is 1. The maximum Gasteiger partial charge on any atom is 0.176 e. The quantitative estimate of drug-likeness (QED) is 0.781. The van der Waals surface area contributed by atoms with Crippen molar-refractivity contribution in [3.8, 4) is 0 Å². The molecule has 18 heavy (non-hydrogen) atoms. The van der Waals surface area contributed by atoms with E-state index in [1.807, 2.05) is 37.3 Å². The number of Topliss-reactive ketones (excluding diaryl/α,β-unsaturated/α-hetero) is 1. The molecule has 1 aliphatic heterocycles. The van der Waals surface area contributed by atoms with Gasteiger partial charge < -0.3 is 5.11 Å². The van der Waals surface area contributed by atoms with Crippen LogP contribution in [0.1, 0.15) is 30.1 Å². The number of hydrogen-bond acceptors (Lipinski definition) is 3. The van der Waals surface area contributed by atoms with E-state index >= 15 is 0 Å². The molecule has 0 unspecified atom stereocenters. The summed E-state index contributed by atoms with van der Waals surface area (Å²) in [6.07, 6.45) is 1.51. The van der Waals surface area contributed by atoms with Crippen LogP contribution >= 0.6 is 0 Å². The topological polar surface area (TPSA) is 40.5 Å². The van der Waals surface area contributed by atoms with Crippen LogP contribution in [0.5, 0.6) is 0 Å². The van der Waals surface area contributed by atoms with Crippen LogP contribution in [0.4, 0.5) is 0 Å². The summed E-state index contributed by atoms with van der Waals surface area (Å²) in [5.74, 6) is 0.744. The van der Waals surface area contributed by atoms with E-state index in [9.17, 15) is 9.90 Å². The number of carbonyl (C=O) groups excluding carboxylic acids is 1. The van der Waals surface area contributed by atoms with Gasteiger partial charge in [0, 0.05) is 18.7 Å². The van der Waals surface area contributed by atoms with Crippen LogP contribution in [0, 0.1) is 5.92 Å². The van der Waals surface area contributed by atoms with Gasteiger partial charge in [0.15, 0.2) is 5.78 Å². The van der Waals surface area contributed by atoms with Crippen molar-refractivity contribution in [2.24, 2.45) is 5.92 Å². The molecule has 0 saturated carbocycles. The first-order valence-corrected chi connectivity index (χ1v) is 6.67. The Morgan fingerprint density at radius 1 is 1.39 bits per heavy atom. The normalized spacial score (nSPS) is 18.3. The number of likely N-dealkylation sites (tertiary alicyclic amines) is 1. The summed E-state index contributed by atoms with van der Waals surface area (Å²) in [5, 5.41) is 9.55. The van der Waals surface area contributed by atoms with Crippen molar-refractivity contribution in [3.63, 3.8) is 0 Å². The monoisotopic (exact) mass is 247 g/mol. The summed E-state index contributed by atoms with van der Waals surface area (Å²) >= 11 is 0. The van der Waals surface area contributed by atoms with Crippen molar-refractivity contribution in [2.75, 3.05) is 19.6 Å². The fourth-order valence-electron chi connectivity index (χ4n) is 2.42. The molecule has 0 bridgehead atoms. The van der Waals surface area contributed by atoms with Crippen LogP contribution in [0.15, 0.2) is 30.3 Å². The third-order valence-corrected chi connectivity index (χ3v) is 3.57. The average molecular weight is 247 g/mol. The lowest BCUT2D eigenvalue weighted by atomic mass is 9.92. The van der Waals surface area contributed by atoms with Crippen molar-refractivity contribution < 1.29 is 9.90 Å². The summed E-state index contributed by atoms with van der Waals surface area (Å²) in [5.41, 5.74) is 0.787. The molecule has 1 fully saturated rings. The molecule has 1 aliphatic rings. The summed E-state index contributed by atoms with van der Waals surface area (Å²) in [4.78, 5) is 14.1. The molecule has 2 rings (SSSR count). The summed E-state index contributed by atoms with van der Waals surface area (Å²) in [6, 6.07) is 9.43. The standard InChI is InChI=1S/C15H21NO2/c1-2-14(17)8-12-9-16(10-12)11-15(18)13-6-4-3-5-7-13/h3-7,12,14,17H,2,8-11H2,1H3/t14-/m0/s1. The molecule has 0 aromatic heterocycles. The van der Waals surface area contributed by atoms with Gasteiger partial charge in [-0.1, -0.05) is 37.3 Å². The van der Waals surface area contributed by atoms with Gasteiger partial charge in [0.1, 0.15) is 0 Å². The number of ketones is 1. The minimum absolute atomic E-state index is 0.179. The third kappa shape index (κ3) is 3.40. The molecule has 0 radical (unpaired) electrons. The molecule has 1 heterocycles. The van der Waals surface area contributed by atoms with E-state index in [1.54, 1.807) is 0 Å². The SMILES string of the molecule is CC[C@H](O)CC1CN(CC(=O)c2ccccc2)C1. The number of nitrogens with zero attached hydrogens (tertiary/aromatic N) is 1. The highest BCUT2D eigenvalue weighted by Crippen LogP contribution is 2.21. The van der Waals surface area contributed by atoms with Crippen LogP contribution in [-0.4, -0.2) is 41.5 Å². The lowest BCUT2D eigenvalue weighted by Gasteiger charge is -2.39. The molecule has 3 nitrogen and oxygen atoms in total. The largest absolute Gasteiger partial charge is 0.393 e. The Balaban J connectivity index is 1.72. The lowest BCUT2D eigenvalue weighted by molar-refractivity contribution is 0.0456. The zero-order valence-corrected chi connectivity index (χ0v) is 10.9. The highest BCUT2D eigenvalue weighted by atomic mass is 16.3. The predicted molar refractivity (Wildman–Crippen MR) is 71.6 cm³/mol. The van der Waals surface area contributed by atoms with Gasteiger partial charge in [-0.25, -0.2) is 0 Å². The van der Waals surface area contributed by atoms with Crippen LogP contribution < -0.4 is 0 Å². The van der Waals surface area contributed by atoms with Gasteiger partial charge in [-0.2, -0.15) is 0 Å². The second-order valence-electron chi connectivity index (χ2n) is 5.15. The van der Waals surface area contributed by atoms with E-state index in [2.05, 4.69) is 4.90 Å². The maximum atomic E-state index is 11.9. The van der Waals surface area contributed by atoms with E-state index in [-0.39, 0.29) is 11.9 Å². The average Bonchev–Trinajstić information content (AvgIpc) is 2.36. The minimum atomic E-state index is -0.179. The van der Waals surface area contributed by atoms with Gasteiger partial charge >= 0.3 is 0 Å². The van der Waals surface area contributed by atoms with E-state index in [0.717, 1.165) is 31.5 Å². The smallest absolute Gasteiger partial charge is 0.176 e. The maximum absolute atomic E-state index is 11.9. The van der Waals surface area contributed by atoms with Gasteiger partial charge in [-0.3, -0.25) is 9.69 Å². The van der Waals surface area contributed by atoms with E-state index in [0.29, 0.717) is 12.5 Å². The first-order chi connectivity index (χ1) is 8.69. The molecule has 1 aromatic rings. The molecule has 1 saturated heterocycles. The molecule has 0 amide bonds. The van der Waals surface area contributed by atoms with Crippen LogP contribution in [0.2, 0.25) is 0 Å². The molecule has 3 heteroatoms. The van der Waals surface area contributed by atoms with Gasteiger partial charge in [0.05, 0.1) is 12.6 Å². The number of aliphatic hydroxyl groups is 1. The van der Waals surface area contributed by atoms with Gasteiger partial charge in [0.25, 0.3) is 0 Å². The molecule has 98 valence electrons. The Hall–Kier alpha value is -1.19. The molecule has 1 aromatic carbocycles. The summed E-state index contributed by atoms with van der Waals surface area (Å²) in [6.45, 7) is 4.38. The van der Waals surface area contributed by atoms with Crippen molar-refractivity contribution in [2.45, 2.75) is 25.9 Å². The Bertz CT molecular complexity index is 385. The lowest BCUT2D eigenvalue weighted by Crippen LogP contribution is -2.49. The molecule has 0 aliphatic carbocycles. The molecular weight excluding hydrogens is 226 g/mol. The Morgan fingerprint density at radius 2 is 2.06 bits per heavy atom. The number of rotatable bonds is 6. The number of aliphatic hydroxyl groups excluding tert-OH is 1. The highest BCUT2D eigenvalue weighted by molar-refractivity contribution is 5.97. The van der Waals surface area contributed by atoms with Gasteiger partial charge in [0.2, 0.25) is 0 Å². The van der Waals surface area contributed by atoms with Gasteiger partial charge in [-0.15, -0.1) is 0 Å². The van der Waals surface area contributed by atoms with Gasteiger partial charge in [-0.05, 0) is 18.8 Å². The van der Waals surface area contributed by atoms with Crippen molar-refractivity contribution in [3.05, 3.63) is 35.9 Å². The summed E-state index contributed by atoms with van der Waals surface area (Å²) in [7, 11) is 0. The number of benzene rings is 1. The second-order valence-corrected chi connectivity index (χ2v) is 5.15. The third-order valence-electron chi connectivity index (χ3n) is 3.57. The fourth-order valence-corrected chi connectivity index (χ4v) is 2.42. The van der Waals surface area contributed by atoms with Crippen LogP contribution in [0.25, 0.3) is 0 Å². The summed E-state index contributed by atoms with van der Waals surface area (Å²) < 4.78 is 0. The Morgan fingerprint density at radius 3 is 2.67 bits per heavy atom. The fraction of sp³-hybridized carbons (Fsp3) is 0.533. The van der Waals surface area contributed by atoms with E-state index in [1.165, 1.54) is 0 Å². The molecular formula is C15H21NO2. The van der Waals surface area contributed by atoms with E-state index in [4.69, 9.17) is 0 Å². The van der Waals surface area contributed by atoms with Crippen molar-refractivity contribution in [1.82, 2.24) is 4.90 Å². The second kappa shape index (κ2) is 6.12. The predicted octanol–water partition coefficient (Wildman–Crippen LogP) is 1.96. The molecule has 1 N–H and O–H groups in total. The first-order valence-electron chi connectivity index (χ1n) is 6.67. The Labute approximate surface area is 108 Å². The first kappa shape index (κ1) is 13.2. The highest BCUT2D eigenvalue weighted by Gasteiger charge is 2.29. The van der Waals surface area contributed by atoms with Crippen molar-refractivity contribution in [1.29, 1.82) is 0 Å². The molecule has 0 spiro atoms. The van der Waals surface area contributed by atoms with E-state index < -0.39 is 0 Å². The zero-order valence-electron chi connectivity index (χ0n) is 10.9. The zero-order chi connectivity index (χ0) is 13.0. The van der Waals surface area contributed by atoms with Crippen LogP contribution in [0.3, 0.4) is 0 Å². The molecule has 1 atom stereocenters. The number of carbonyl (C=O) groups is 1. The minimum Gasteiger partial charge on any atom is -0.393 e. The van der Waals surface area contributed by atoms with Crippen molar-refractivity contribution >= 4 is 5.78 Å².